The maximum atomic E-state index is 10.9. The predicted octanol–water partition coefficient (Wildman–Crippen LogP) is 1.28. The fourth-order valence-corrected chi connectivity index (χ4v) is 1.12. The number of rotatable bonds is 0. The van der Waals surface area contributed by atoms with Gasteiger partial charge in [0.15, 0.2) is 0 Å². The molecule has 2 aromatic rings. The molecule has 0 radical (unpaired) electrons. The van der Waals surface area contributed by atoms with E-state index in [4.69, 9.17) is 11.6 Å². The molecule has 2 aromatic heterocycles. The number of hydrogen-bond acceptors (Lipinski definition) is 1. The summed E-state index contributed by atoms with van der Waals surface area (Å²) in [5.74, 6) is 0. The molecule has 0 saturated carbocycles. The minimum atomic E-state index is -0.252. The summed E-state index contributed by atoms with van der Waals surface area (Å²) in [5.41, 5.74) is 0.497. The normalized spacial score (nSPS) is 10.6. The van der Waals surface area contributed by atoms with Crippen LogP contribution in [0.3, 0.4) is 0 Å². The van der Waals surface area contributed by atoms with Gasteiger partial charge in [0.25, 0.3) is 5.56 Å². The first kappa shape index (κ1) is 6.49. The second kappa shape index (κ2) is 2.13. The summed E-state index contributed by atoms with van der Waals surface area (Å²) in [7, 11) is 0. The molecule has 2 heterocycles. The van der Waals surface area contributed by atoms with E-state index >= 15 is 0 Å². The average Bonchev–Trinajstić information content (AvgIpc) is 2.36. The van der Waals surface area contributed by atoms with Crippen LogP contribution in [0.1, 0.15) is 0 Å². The Kier molecular flexibility index (Phi) is 1.26. The number of nitrogens with one attached hydrogen (secondary N) is 1. The minimum Gasteiger partial charge on any atom is -0.308 e. The summed E-state index contributed by atoms with van der Waals surface area (Å²) in [6.07, 6.45) is 3.40. The maximum Gasteiger partial charge on any atom is 0.269 e. The molecule has 0 aromatic carbocycles. The van der Waals surface area contributed by atoms with Gasteiger partial charge in [-0.25, -0.2) is 0 Å². The first-order valence-corrected chi connectivity index (χ1v) is 3.51. The lowest BCUT2D eigenvalue weighted by molar-refractivity contribution is 1.10. The summed E-state index contributed by atoms with van der Waals surface area (Å²) in [6, 6.07) is 3.64. The van der Waals surface area contributed by atoms with Crippen molar-refractivity contribution in [3.63, 3.8) is 0 Å². The van der Waals surface area contributed by atoms with Crippen LogP contribution < -0.4 is 5.56 Å². The Bertz CT molecular complexity index is 443. The number of hydrogen-bond donors (Lipinski definition) is 1. The van der Waals surface area contributed by atoms with Gasteiger partial charge in [-0.3, -0.25) is 4.79 Å². The van der Waals surface area contributed by atoms with Crippen molar-refractivity contribution in [1.82, 2.24) is 9.38 Å². The molecule has 11 heavy (non-hydrogen) atoms. The third kappa shape index (κ3) is 0.935. The van der Waals surface area contributed by atoms with Crippen LogP contribution in [0.15, 0.2) is 29.3 Å². The van der Waals surface area contributed by atoms with Gasteiger partial charge < -0.3 is 9.38 Å². The zero-order valence-corrected chi connectivity index (χ0v) is 6.30. The van der Waals surface area contributed by atoms with Gasteiger partial charge in [0, 0.05) is 12.4 Å². The zero-order valence-electron chi connectivity index (χ0n) is 5.54. The minimum absolute atomic E-state index is 0.203. The second-order valence-corrected chi connectivity index (χ2v) is 2.64. The molecule has 0 saturated heterocycles. The Morgan fingerprint density at radius 3 is 3.18 bits per heavy atom. The van der Waals surface area contributed by atoms with Crippen LogP contribution in [-0.2, 0) is 0 Å². The van der Waals surface area contributed by atoms with Crippen molar-refractivity contribution in [2.24, 2.45) is 0 Å². The number of nitrogens with zero attached hydrogens (tertiary/aromatic N) is 1. The zero-order chi connectivity index (χ0) is 7.84. The van der Waals surface area contributed by atoms with Crippen molar-refractivity contribution in [3.05, 3.63) is 39.9 Å². The van der Waals surface area contributed by atoms with Gasteiger partial charge >= 0.3 is 0 Å². The van der Waals surface area contributed by atoms with Gasteiger partial charge in [0.05, 0.1) is 0 Å². The van der Waals surface area contributed by atoms with Crippen molar-refractivity contribution < 1.29 is 0 Å². The summed E-state index contributed by atoms with van der Waals surface area (Å²) < 4.78 is 1.75. The van der Waals surface area contributed by atoms with Crippen LogP contribution in [0.4, 0.5) is 0 Å². The molecule has 4 heteroatoms. The van der Waals surface area contributed by atoms with E-state index in [2.05, 4.69) is 4.98 Å². The summed E-state index contributed by atoms with van der Waals surface area (Å²) >= 11 is 5.58. The van der Waals surface area contributed by atoms with E-state index < -0.39 is 0 Å². The van der Waals surface area contributed by atoms with Crippen molar-refractivity contribution in [1.29, 1.82) is 0 Å². The Labute approximate surface area is 67.2 Å². The van der Waals surface area contributed by atoms with Gasteiger partial charge in [-0.05, 0) is 12.1 Å². The van der Waals surface area contributed by atoms with Crippen LogP contribution in [0.2, 0.25) is 5.02 Å². The molecule has 3 nitrogen and oxygen atoms in total. The van der Waals surface area contributed by atoms with Gasteiger partial charge in [-0.2, -0.15) is 0 Å². The van der Waals surface area contributed by atoms with Gasteiger partial charge in [0.1, 0.15) is 10.7 Å². The molecular weight excluding hydrogens is 164 g/mol. The number of H-pyrrole nitrogens is 1. The smallest absolute Gasteiger partial charge is 0.269 e. The standard InChI is InChI=1S/C7H5ClN2O/c8-5-4-10-3-1-2-6(10)9-7(5)11/h1-4H,(H,9,11). The molecule has 1 N–H and O–H groups in total. The fraction of sp³-hybridized carbons (Fsp3) is 0. The van der Waals surface area contributed by atoms with Crippen LogP contribution >= 0.6 is 11.6 Å². The molecule has 0 aliphatic rings. The van der Waals surface area contributed by atoms with E-state index in [0.29, 0.717) is 0 Å². The molecule has 56 valence electrons. The molecule has 0 amide bonds. The third-order valence-corrected chi connectivity index (χ3v) is 1.76. The highest BCUT2D eigenvalue weighted by molar-refractivity contribution is 6.30. The molecular formula is C7H5ClN2O. The molecule has 0 fully saturated rings. The molecule has 0 atom stereocenters. The van der Waals surface area contributed by atoms with Crippen molar-refractivity contribution >= 4 is 17.2 Å². The molecule has 0 spiro atoms. The maximum absolute atomic E-state index is 10.9. The lowest BCUT2D eigenvalue weighted by atomic mass is 10.6. The van der Waals surface area contributed by atoms with E-state index in [9.17, 15) is 4.79 Å². The molecule has 2 rings (SSSR count). The van der Waals surface area contributed by atoms with E-state index in [-0.39, 0.29) is 10.6 Å². The Morgan fingerprint density at radius 1 is 1.55 bits per heavy atom. The lowest BCUT2D eigenvalue weighted by Crippen LogP contribution is -2.07. The summed E-state index contributed by atoms with van der Waals surface area (Å²) in [5, 5.41) is 0.203. The monoisotopic (exact) mass is 168 g/mol. The summed E-state index contributed by atoms with van der Waals surface area (Å²) in [6.45, 7) is 0. The third-order valence-electron chi connectivity index (χ3n) is 1.49. The number of aromatic amines is 1. The topological polar surface area (TPSA) is 37.3 Å². The Morgan fingerprint density at radius 2 is 2.36 bits per heavy atom. The highest BCUT2D eigenvalue weighted by atomic mass is 35.5. The highest BCUT2D eigenvalue weighted by Crippen LogP contribution is 2.03. The predicted molar refractivity (Wildman–Crippen MR) is 43.0 cm³/mol. The average molecular weight is 169 g/mol. The summed E-state index contributed by atoms with van der Waals surface area (Å²) in [4.78, 5) is 13.5. The van der Waals surface area contributed by atoms with Crippen molar-refractivity contribution in [2.45, 2.75) is 0 Å². The van der Waals surface area contributed by atoms with Gasteiger partial charge in [0.2, 0.25) is 0 Å². The SMILES string of the molecule is O=c1[nH]c2cccn2cc1Cl. The van der Waals surface area contributed by atoms with Crippen LogP contribution in [-0.4, -0.2) is 9.38 Å². The van der Waals surface area contributed by atoms with E-state index in [1.807, 2.05) is 12.3 Å². The molecule has 0 unspecified atom stereocenters. The van der Waals surface area contributed by atoms with Crippen LogP contribution in [0.5, 0.6) is 0 Å². The Balaban J connectivity index is 2.97. The largest absolute Gasteiger partial charge is 0.308 e. The van der Waals surface area contributed by atoms with Crippen LogP contribution in [0.25, 0.3) is 5.65 Å². The molecule has 0 aliphatic heterocycles. The van der Waals surface area contributed by atoms with E-state index in [0.717, 1.165) is 5.65 Å². The van der Waals surface area contributed by atoms with Crippen molar-refractivity contribution in [3.8, 4) is 0 Å². The number of aromatic nitrogens is 2. The first-order valence-electron chi connectivity index (χ1n) is 3.13. The Hall–Kier alpha value is -1.22. The van der Waals surface area contributed by atoms with Crippen molar-refractivity contribution in [2.75, 3.05) is 0 Å². The number of halogens is 1. The fourth-order valence-electron chi connectivity index (χ4n) is 0.969. The van der Waals surface area contributed by atoms with Gasteiger partial charge in [-0.1, -0.05) is 11.6 Å². The molecule has 0 bridgehead atoms. The van der Waals surface area contributed by atoms with Crippen LogP contribution in [0, 0.1) is 0 Å². The highest BCUT2D eigenvalue weighted by Gasteiger charge is 1.96. The van der Waals surface area contributed by atoms with E-state index in [1.54, 1.807) is 16.7 Å². The van der Waals surface area contributed by atoms with Gasteiger partial charge in [-0.15, -0.1) is 0 Å². The second-order valence-electron chi connectivity index (χ2n) is 2.23. The first-order chi connectivity index (χ1) is 5.27. The molecule has 0 aliphatic carbocycles. The quantitative estimate of drug-likeness (QED) is 0.632. The number of fused-ring (bicyclic) bond motifs is 1. The van der Waals surface area contributed by atoms with E-state index in [1.165, 1.54) is 0 Å². The lowest BCUT2D eigenvalue weighted by Gasteiger charge is -1.93.